The van der Waals surface area contributed by atoms with Crippen LogP contribution in [0.4, 0.5) is 0 Å². The van der Waals surface area contributed by atoms with Gasteiger partial charge in [0.05, 0.1) is 11.9 Å². The molecule has 0 radical (unpaired) electrons. The van der Waals surface area contributed by atoms with E-state index in [1.54, 1.807) is 0 Å². The van der Waals surface area contributed by atoms with E-state index in [0.29, 0.717) is 6.04 Å². The van der Waals surface area contributed by atoms with E-state index in [9.17, 15) is 0 Å². The van der Waals surface area contributed by atoms with E-state index in [1.807, 2.05) is 12.3 Å². The van der Waals surface area contributed by atoms with Gasteiger partial charge in [-0.1, -0.05) is 28.9 Å². The normalized spacial score (nSPS) is 18.0. The Morgan fingerprint density at radius 1 is 1.45 bits per heavy atom. The minimum atomic E-state index is 0.472. The van der Waals surface area contributed by atoms with Gasteiger partial charge in [0.2, 0.25) is 0 Å². The first-order chi connectivity index (χ1) is 9.79. The lowest BCUT2D eigenvalue weighted by Gasteiger charge is -2.24. The van der Waals surface area contributed by atoms with Crippen LogP contribution in [-0.2, 0) is 6.42 Å². The van der Waals surface area contributed by atoms with Crippen molar-refractivity contribution in [1.82, 2.24) is 15.1 Å². The number of rotatable bonds is 4. The highest BCUT2D eigenvalue weighted by Gasteiger charge is 2.24. The van der Waals surface area contributed by atoms with E-state index in [4.69, 9.17) is 0 Å². The van der Waals surface area contributed by atoms with E-state index in [2.05, 4.69) is 56.2 Å². The molecule has 1 aromatic carbocycles. The largest absolute Gasteiger partial charge is 0.310 e. The van der Waals surface area contributed by atoms with Crippen molar-refractivity contribution in [3.05, 3.63) is 46.2 Å². The van der Waals surface area contributed by atoms with Gasteiger partial charge >= 0.3 is 0 Å². The molecule has 20 heavy (non-hydrogen) atoms. The summed E-state index contributed by atoms with van der Waals surface area (Å²) in [7, 11) is 0. The number of halogens is 1. The molecule has 0 fully saturated rings. The van der Waals surface area contributed by atoms with Gasteiger partial charge in [0.25, 0.3) is 0 Å². The highest BCUT2D eigenvalue weighted by molar-refractivity contribution is 9.10. The summed E-state index contributed by atoms with van der Waals surface area (Å²) in [4.78, 5) is 0. The Morgan fingerprint density at radius 3 is 3.15 bits per heavy atom. The van der Waals surface area contributed by atoms with Crippen LogP contribution in [0.25, 0.3) is 5.69 Å². The smallest absolute Gasteiger partial charge is 0.0660 e. The average molecular weight is 334 g/mol. The van der Waals surface area contributed by atoms with Crippen molar-refractivity contribution in [3.63, 3.8) is 0 Å². The molecule has 0 saturated heterocycles. The first-order valence-electron chi connectivity index (χ1n) is 7.35. The SMILES string of the molecule is CCCNC1CCCc2c1cnn2-c1cccc(Br)c1. The van der Waals surface area contributed by atoms with Crippen molar-refractivity contribution < 1.29 is 0 Å². The Balaban J connectivity index is 1.94. The minimum Gasteiger partial charge on any atom is -0.310 e. The van der Waals surface area contributed by atoms with Crippen LogP contribution in [0.3, 0.4) is 0 Å². The fourth-order valence-corrected chi connectivity index (χ4v) is 3.31. The number of aromatic nitrogens is 2. The van der Waals surface area contributed by atoms with Crippen molar-refractivity contribution in [2.24, 2.45) is 0 Å². The zero-order valence-electron chi connectivity index (χ0n) is 11.8. The standard InChI is InChI=1S/C16H20BrN3/c1-2-9-18-15-7-4-8-16-14(15)11-19-20(16)13-6-3-5-12(17)10-13/h3,5-6,10-11,15,18H,2,4,7-9H2,1H3. The molecule has 1 aromatic heterocycles. The third-order valence-electron chi connectivity index (χ3n) is 3.88. The number of hydrogen-bond donors (Lipinski definition) is 1. The molecule has 1 aliphatic carbocycles. The Labute approximate surface area is 128 Å². The van der Waals surface area contributed by atoms with Crippen LogP contribution in [0, 0.1) is 0 Å². The summed E-state index contributed by atoms with van der Waals surface area (Å²) in [5.41, 5.74) is 3.88. The summed E-state index contributed by atoms with van der Waals surface area (Å²) in [5.74, 6) is 0. The first-order valence-corrected chi connectivity index (χ1v) is 8.15. The lowest BCUT2D eigenvalue weighted by molar-refractivity contribution is 0.456. The van der Waals surface area contributed by atoms with Crippen molar-refractivity contribution in [3.8, 4) is 5.69 Å². The highest BCUT2D eigenvalue weighted by Crippen LogP contribution is 2.31. The molecule has 1 aliphatic rings. The molecule has 0 aliphatic heterocycles. The monoisotopic (exact) mass is 333 g/mol. The van der Waals surface area contributed by atoms with Gasteiger partial charge in [-0.15, -0.1) is 0 Å². The van der Waals surface area contributed by atoms with Crippen LogP contribution in [-0.4, -0.2) is 16.3 Å². The average Bonchev–Trinajstić information content (AvgIpc) is 2.89. The summed E-state index contributed by atoms with van der Waals surface area (Å²) in [6.45, 7) is 3.29. The van der Waals surface area contributed by atoms with Gasteiger partial charge in [-0.25, -0.2) is 4.68 Å². The van der Waals surface area contributed by atoms with E-state index >= 15 is 0 Å². The highest BCUT2D eigenvalue weighted by atomic mass is 79.9. The molecule has 106 valence electrons. The second kappa shape index (κ2) is 6.10. The Morgan fingerprint density at radius 2 is 2.35 bits per heavy atom. The lowest BCUT2D eigenvalue weighted by Crippen LogP contribution is -2.25. The van der Waals surface area contributed by atoms with E-state index in [1.165, 1.54) is 30.5 Å². The lowest BCUT2D eigenvalue weighted by atomic mass is 9.93. The van der Waals surface area contributed by atoms with Gasteiger partial charge in [-0.05, 0) is 50.4 Å². The molecule has 1 N–H and O–H groups in total. The maximum Gasteiger partial charge on any atom is 0.0660 e. The number of benzene rings is 1. The molecule has 3 rings (SSSR count). The predicted octanol–water partition coefficient (Wildman–Crippen LogP) is 4.01. The van der Waals surface area contributed by atoms with Crippen molar-refractivity contribution in [2.75, 3.05) is 6.54 Å². The second-order valence-corrected chi connectivity index (χ2v) is 6.25. The van der Waals surface area contributed by atoms with Crippen LogP contribution in [0.2, 0.25) is 0 Å². The van der Waals surface area contributed by atoms with Crippen molar-refractivity contribution in [1.29, 1.82) is 0 Å². The van der Waals surface area contributed by atoms with Gasteiger partial charge < -0.3 is 5.32 Å². The molecule has 0 amide bonds. The minimum absolute atomic E-state index is 0.472. The van der Waals surface area contributed by atoms with Crippen LogP contribution < -0.4 is 5.32 Å². The first kappa shape index (κ1) is 13.8. The van der Waals surface area contributed by atoms with Gasteiger partial charge in [-0.3, -0.25) is 0 Å². The van der Waals surface area contributed by atoms with Crippen molar-refractivity contribution in [2.45, 2.75) is 38.6 Å². The molecular formula is C16H20BrN3. The third kappa shape index (κ3) is 2.67. The van der Waals surface area contributed by atoms with Crippen LogP contribution in [0.5, 0.6) is 0 Å². The number of hydrogen-bond acceptors (Lipinski definition) is 2. The van der Waals surface area contributed by atoms with Gasteiger partial charge in [0.1, 0.15) is 0 Å². The third-order valence-corrected chi connectivity index (χ3v) is 4.37. The molecular weight excluding hydrogens is 314 g/mol. The Kier molecular flexibility index (Phi) is 4.22. The number of nitrogens with zero attached hydrogens (tertiary/aromatic N) is 2. The van der Waals surface area contributed by atoms with Gasteiger partial charge in [-0.2, -0.15) is 5.10 Å². The Bertz CT molecular complexity index is 591. The topological polar surface area (TPSA) is 29.9 Å². The van der Waals surface area contributed by atoms with E-state index < -0.39 is 0 Å². The molecule has 1 heterocycles. The maximum atomic E-state index is 4.62. The van der Waals surface area contributed by atoms with Gasteiger partial charge in [0, 0.05) is 21.8 Å². The van der Waals surface area contributed by atoms with E-state index in [-0.39, 0.29) is 0 Å². The summed E-state index contributed by atoms with van der Waals surface area (Å²) < 4.78 is 3.19. The second-order valence-electron chi connectivity index (χ2n) is 5.34. The van der Waals surface area contributed by atoms with E-state index in [0.717, 1.165) is 23.1 Å². The zero-order valence-corrected chi connectivity index (χ0v) is 13.4. The fraction of sp³-hybridized carbons (Fsp3) is 0.438. The molecule has 4 heteroatoms. The predicted molar refractivity (Wildman–Crippen MR) is 85.2 cm³/mol. The molecule has 2 aromatic rings. The van der Waals surface area contributed by atoms with Gasteiger partial charge in [0.15, 0.2) is 0 Å². The van der Waals surface area contributed by atoms with Crippen molar-refractivity contribution >= 4 is 15.9 Å². The number of nitrogens with one attached hydrogen (secondary N) is 1. The summed E-state index contributed by atoms with van der Waals surface area (Å²) in [6, 6.07) is 8.81. The molecule has 1 unspecified atom stereocenters. The Hall–Kier alpha value is -1.13. The summed E-state index contributed by atoms with van der Waals surface area (Å²) in [5, 5.41) is 8.26. The van der Waals surface area contributed by atoms with Crippen LogP contribution >= 0.6 is 15.9 Å². The summed E-state index contributed by atoms with van der Waals surface area (Å²) in [6.07, 6.45) is 6.78. The quantitative estimate of drug-likeness (QED) is 0.915. The molecule has 0 spiro atoms. The zero-order chi connectivity index (χ0) is 13.9. The van der Waals surface area contributed by atoms with Crippen LogP contribution in [0.1, 0.15) is 43.5 Å². The molecule has 3 nitrogen and oxygen atoms in total. The molecule has 0 bridgehead atoms. The molecule has 0 saturated carbocycles. The number of fused-ring (bicyclic) bond motifs is 1. The molecule has 1 atom stereocenters. The van der Waals surface area contributed by atoms with Crippen LogP contribution in [0.15, 0.2) is 34.9 Å². The maximum absolute atomic E-state index is 4.62. The fourth-order valence-electron chi connectivity index (χ4n) is 2.92. The summed E-state index contributed by atoms with van der Waals surface area (Å²) >= 11 is 3.54.